The van der Waals surface area contributed by atoms with Crippen molar-refractivity contribution in [3.8, 4) is 0 Å². The van der Waals surface area contributed by atoms with Crippen molar-refractivity contribution in [3.63, 3.8) is 0 Å². The normalized spacial score (nSPS) is 13.7. The van der Waals surface area contributed by atoms with Crippen LogP contribution in [0.5, 0.6) is 0 Å². The number of carbonyl (C=O) groups excluding carboxylic acids is 1. The van der Waals surface area contributed by atoms with E-state index < -0.39 is 31.0 Å². The number of alkyl halides is 6. The number of allylic oxidation sites excluding steroid dienone is 4. The lowest BCUT2D eigenvalue weighted by Gasteiger charge is -2.00. The highest BCUT2D eigenvalue weighted by Crippen LogP contribution is 2.20. The highest BCUT2D eigenvalue weighted by molar-refractivity contribution is 5.81. The molecule has 0 aliphatic rings. The van der Waals surface area contributed by atoms with Gasteiger partial charge in [0.15, 0.2) is 0 Å². The number of hydrogen-bond acceptors (Lipinski definition) is 1. The number of rotatable bonds is 6. The maximum Gasteiger partial charge on any atom is 0.392 e. The second-order valence-electron chi connectivity index (χ2n) is 3.53. The van der Waals surface area contributed by atoms with Crippen molar-refractivity contribution in [2.45, 2.75) is 38.0 Å². The zero-order valence-corrected chi connectivity index (χ0v) is 9.31. The largest absolute Gasteiger partial charge is 0.392 e. The zero-order valence-electron chi connectivity index (χ0n) is 9.31. The maximum atomic E-state index is 11.7. The van der Waals surface area contributed by atoms with Gasteiger partial charge in [-0.3, -0.25) is 4.79 Å². The average Bonchev–Trinajstić information content (AvgIpc) is 2.17. The third-order valence-electron chi connectivity index (χ3n) is 1.72. The summed E-state index contributed by atoms with van der Waals surface area (Å²) in [6, 6.07) is 0. The Labute approximate surface area is 100 Å². The molecule has 0 atom stereocenters. The highest BCUT2D eigenvalue weighted by atomic mass is 19.4. The van der Waals surface area contributed by atoms with Crippen molar-refractivity contribution < 1.29 is 31.1 Å². The van der Waals surface area contributed by atoms with E-state index >= 15 is 0 Å². The summed E-state index contributed by atoms with van der Waals surface area (Å²) in [6.45, 7) is 0. The van der Waals surface area contributed by atoms with Gasteiger partial charge in [0.05, 0.1) is 12.8 Å². The van der Waals surface area contributed by atoms with E-state index in [1.165, 1.54) is 0 Å². The van der Waals surface area contributed by atoms with Crippen LogP contribution in [-0.4, -0.2) is 18.1 Å². The first-order chi connectivity index (χ1) is 8.10. The van der Waals surface area contributed by atoms with Crippen molar-refractivity contribution in [1.29, 1.82) is 0 Å². The van der Waals surface area contributed by atoms with Crippen molar-refractivity contribution in [1.82, 2.24) is 0 Å². The molecule has 0 aromatic carbocycles. The molecule has 0 saturated carbocycles. The molecule has 7 heteroatoms. The van der Waals surface area contributed by atoms with Crippen LogP contribution in [0.4, 0.5) is 26.3 Å². The van der Waals surface area contributed by atoms with Gasteiger partial charge in [-0.2, -0.15) is 26.3 Å². The minimum absolute atomic E-state index is 0.216. The lowest BCUT2D eigenvalue weighted by molar-refractivity contribution is -0.126. The van der Waals surface area contributed by atoms with Crippen molar-refractivity contribution in [3.05, 3.63) is 24.3 Å². The van der Waals surface area contributed by atoms with Gasteiger partial charge in [-0.05, 0) is 0 Å². The molecule has 0 rings (SSSR count). The molecule has 0 aromatic heterocycles. The molecule has 0 N–H and O–H groups in total. The number of carbonyl (C=O) groups is 1. The summed E-state index contributed by atoms with van der Waals surface area (Å²) in [7, 11) is 0. The second kappa shape index (κ2) is 7.23. The smallest absolute Gasteiger partial charge is 0.299 e. The first-order valence-electron chi connectivity index (χ1n) is 5.05. The average molecular weight is 274 g/mol. The molecule has 0 bridgehead atoms. The van der Waals surface area contributed by atoms with E-state index in [1.54, 1.807) is 0 Å². The van der Waals surface area contributed by atoms with Crippen LogP contribution >= 0.6 is 0 Å². The third-order valence-corrected chi connectivity index (χ3v) is 1.72. The van der Waals surface area contributed by atoms with Crippen LogP contribution in [0, 0.1) is 0 Å². The fourth-order valence-electron chi connectivity index (χ4n) is 0.947. The lowest BCUT2D eigenvalue weighted by atomic mass is 10.2. The number of ketones is 1. The summed E-state index contributed by atoms with van der Waals surface area (Å²) < 4.78 is 70.1. The first kappa shape index (κ1) is 16.7. The van der Waals surface area contributed by atoms with Gasteiger partial charge in [0.25, 0.3) is 0 Å². The molecule has 0 aliphatic carbocycles. The van der Waals surface area contributed by atoms with Crippen LogP contribution in [0.3, 0.4) is 0 Å². The summed E-state index contributed by atoms with van der Waals surface area (Å²) in [5.41, 5.74) is 0. The van der Waals surface area contributed by atoms with E-state index in [1.807, 2.05) is 0 Å². The molecule has 104 valence electrons. The van der Waals surface area contributed by atoms with Gasteiger partial charge < -0.3 is 0 Å². The van der Waals surface area contributed by atoms with Crippen LogP contribution in [0.2, 0.25) is 0 Å². The summed E-state index contributed by atoms with van der Waals surface area (Å²) in [5.74, 6) is -0.438. The number of Topliss-reactive ketones (excluding diaryl/α,β-unsaturated/α-hetero) is 1. The van der Waals surface area contributed by atoms with Gasteiger partial charge >= 0.3 is 12.4 Å². The minimum Gasteiger partial charge on any atom is -0.299 e. The Morgan fingerprint density at radius 2 is 1.06 bits per heavy atom. The van der Waals surface area contributed by atoms with Gasteiger partial charge in [-0.25, -0.2) is 0 Å². The minimum atomic E-state index is -4.31. The maximum absolute atomic E-state index is 11.7. The van der Waals surface area contributed by atoms with Gasteiger partial charge in [-0.1, -0.05) is 24.3 Å². The van der Waals surface area contributed by atoms with Gasteiger partial charge in [0, 0.05) is 12.8 Å². The molecule has 0 aromatic rings. The van der Waals surface area contributed by atoms with Gasteiger partial charge in [0.1, 0.15) is 5.78 Å². The molecule has 0 fully saturated rings. The molecular weight excluding hydrogens is 262 g/mol. The molecule has 0 saturated heterocycles. The molecular formula is C11H12F6O. The van der Waals surface area contributed by atoms with Crippen LogP contribution in [-0.2, 0) is 4.79 Å². The van der Waals surface area contributed by atoms with Crippen LogP contribution in [0.15, 0.2) is 24.3 Å². The predicted octanol–water partition coefficient (Wildman–Crippen LogP) is 4.35. The lowest BCUT2D eigenvalue weighted by Crippen LogP contribution is -2.04. The van der Waals surface area contributed by atoms with E-state index in [-0.39, 0.29) is 12.8 Å². The van der Waals surface area contributed by atoms with E-state index in [4.69, 9.17) is 0 Å². The van der Waals surface area contributed by atoms with Gasteiger partial charge in [0.2, 0.25) is 0 Å². The molecule has 0 radical (unpaired) electrons. The molecule has 0 spiro atoms. The first-order valence-corrected chi connectivity index (χ1v) is 5.05. The quantitative estimate of drug-likeness (QED) is 0.519. The third kappa shape index (κ3) is 12.8. The Morgan fingerprint density at radius 1 is 0.722 bits per heavy atom. The van der Waals surface area contributed by atoms with Crippen LogP contribution in [0.25, 0.3) is 0 Å². The van der Waals surface area contributed by atoms with Crippen molar-refractivity contribution in [2.24, 2.45) is 0 Å². The Balaban J connectivity index is 3.79. The highest BCUT2D eigenvalue weighted by Gasteiger charge is 2.25. The number of hydrogen-bond donors (Lipinski definition) is 0. The molecule has 0 amide bonds. The number of halogens is 6. The van der Waals surface area contributed by atoms with Gasteiger partial charge in [-0.15, -0.1) is 0 Å². The Morgan fingerprint density at radius 3 is 1.33 bits per heavy atom. The predicted molar refractivity (Wildman–Crippen MR) is 53.9 cm³/mol. The van der Waals surface area contributed by atoms with E-state index in [2.05, 4.69) is 0 Å². The zero-order chi connectivity index (χ0) is 14.2. The summed E-state index contributed by atoms with van der Waals surface area (Å²) >= 11 is 0. The molecule has 0 heterocycles. The monoisotopic (exact) mass is 274 g/mol. The summed E-state index contributed by atoms with van der Waals surface area (Å²) in [5, 5.41) is 0. The topological polar surface area (TPSA) is 17.1 Å². The molecule has 1 nitrogen and oxygen atoms in total. The molecule has 0 aliphatic heterocycles. The van der Waals surface area contributed by atoms with E-state index in [9.17, 15) is 31.1 Å². The fraction of sp³-hybridized carbons (Fsp3) is 0.545. The Bertz CT molecular complexity index is 280. The summed E-state index contributed by atoms with van der Waals surface area (Å²) in [4.78, 5) is 11.0. The van der Waals surface area contributed by atoms with Crippen LogP contribution in [0.1, 0.15) is 25.7 Å². The van der Waals surface area contributed by atoms with Crippen molar-refractivity contribution in [2.75, 3.05) is 0 Å². The Kier molecular flexibility index (Phi) is 6.72. The van der Waals surface area contributed by atoms with Crippen LogP contribution < -0.4 is 0 Å². The standard InChI is InChI=1S/C11H12F6O/c12-10(13,14)7-3-1-5-9(18)6-2-4-8-11(15,16)17/h1-4H,5-8H2. The van der Waals surface area contributed by atoms with E-state index in [0.29, 0.717) is 0 Å². The molecule has 0 unspecified atom stereocenters. The fourth-order valence-corrected chi connectivity index (χ4v) is 0.947. The van der Waals surface area contributed by atoms with Crippen molar-refractivity contribution >= 4 is 5.78 Å². The second-order valence-corrected chi connectivity index (χ2v) is 3.53. The molecule has 18 heavy (non-hydrogen) atoms. The Hall–Kier alpha value is -1.27. The van der Waals surface area contributed by atoms with E-state index in [0.717, 1.165) is 24.3 Å². The summed E-state index contributed by atoms with van der Waals surface area (Å²) in [6.07, 6.45) is -7.54. The SMILES string of the molecule is O=C(CC=CCC(F)(F)F)CC=CCC(F)(F)F.